The fourth-order valence-corrected chi connectivity index (χ4v) is 2.72. The number of aryl methyl sites for hydroxylation is 1. The number of nitrogens with zero attached hydrogens (tertiary/aromatic N) is 4. The summed E-state index contributed by atoms with van der Waals surface area (Å²) in [7, 11) is 2.09. The fraction of sp³-hybridized carbons (Fsp3) is 0.562. The van der Waals surface area contributed by atoms with Crippen molar-refractivity contribution < 1.29 is 4.74 Å². The Kier molecular flexibility index (Phi) is 5.19. The average molecular weight is 316 g/mol. The minimum atomic E-state index is 0.406. The fourth-order valence-electron chi connectivity index (χ4n) is 2.72. The molecule has 0 saturated carbocycles. The van der Waals surface area contributed by atoms with Gasteiger partial charge in [0.15, 0.2) is 0 Å². The average Bonchev–Trinajstić information content (AvgIpc) is 3.20. The van der Waals surface area contributed by atoms with Gasteiger partial charge in [0.2, 0.25) is 0 Å². The first kappa shape index (κ1) is 15.9. The Bertz CT molecular complexity index is 623. The molecule has 23 heavy (non-hydrogen) atoms. The van der Waals surface area contributed by atoms with Crippen LogP contribution in [0.5, 0.6) is 0 Å². The van der Waals surface area contributed by atoms with Crippen LogP contribution in [0.25, 0.3) is 0 Å². The maximum atomic E-state index is 5.43. The van der Waals surface area contributed by atoms with Crippen LogP contribution in [0.15, 0.2) is 18.7 Å². The second-order valence-electron chi connectivity index (χ2n) is 6.03. The topological polar surface area (TPSA) is 79.0 Å². The lowest BCUT2D eigenvalue weighted by Gasteiger charge is -2.16. The molecule has 2 aromatic rings. The zero-order valence-electron chi connectivity index (χ0n) is 13.7. The van der Waals surface area contributed by atoms with E-state index in [-0.39, 0.29) is 0 Å². The van der Waals surface area contributed by atoms with E-state index in [9.17, 15) is 0 Å². The molecule has 0 aromatic carbocycles. The van der Waals surface area contributed by atoms with E-state index in [1.165, 1.54) is 0 Å². The van der Waals surface area contributed by atoms with Crippen LogP contribution in [0.1, 0.15) is 29.4 Å². The van der Waals surface area contributed by atoms with Gasteiger partial charge in [0.25, 0.3) is 0 Å². The number of imidazole rings is 1. The van der Waals surface area contributed by atoms with Crippen LogP contribution in [0.2, 0.25) is 0 Å². The molecule has 124 valence electrons. The molecule has 1 atom stereocenters. The second kappa shape index (κ2) is 7.52. The van der Waals surface area contributed by atoms with Gasteiger partial charge in [0.05, 0.1) is 24.3 Å². The third-order valence-corrected chi connectivity index (χ3v) is 4.19. The minimum Gasteiger partial charge on any atom is -0.381 e. The van der Waals surface area contributed by atoms with Crippen LogP contribution in [0.3, 0.4) is 0 Å². The molecule has 2 aromatic heterocycles. The van der Waals surface area contributed by atoms with E-state index in [0.29, 0.717) is 5.92 Å². The lowest BCUT2D eigenvalue weighted by molar-refractivity contribution is 0.193. The monoisotopic (exact) mass is 316 g/mol. The van der Waals surface area contributed by atoms with E-state index in [1.54, 1.807) is 12.7 Å². The SMILES string of the molecule is Cc1[nH]cnc1CN(C)CCNc1cc(C2CCOC2)ncn1. The number of H-pyrrole nitrogens is 1. The number of ether oxygens (including phenoxy) is 1. The molecule has 1 aliphatic rings. The number of anilines is 1. The van der Waals surface area contributed by atoms with Crippen LogP contribution in [0.4, 0.5) is 5.82 Å². The predicted molar refractivity (Wildman–Crippen MR) is 88.4 cm³/mol. The van der Waals surface area contributed by atoms with E-state index < -0.39 is 0 Å². The van der Waals surface area contributed by atoms with Crippen molar-refractivity contribution in [2.45, 2.75) is 25.8 Å². The quantitative estimate of drug-likeness (QED) is 0.807. The van der Waals surface area contributed by atoms with E-state index in [1.807, 2.05) is 13.0 Å². The molecule has 7 heteroatoms. The van der Waals surface area contributed by atoms with Gasteiger partial charge in [-0.2, -0.15) is 0 Å². The third-order valence-electron chi connectivity index (χ3n) is 4.19. The van der Waals surface area contributed by atoms with Gasteiger partial charge in [-0.05, 0) is 20.4 Å². The van der Waals surface area contributed by atoms with Crippen LogP contribution in [0, 0.1) is 6.92 Å². The Morgan fingerprint density at radius 2 is 2.30 bits per heavy atom. The zero-order chi connectivity index (χ0) is 16.1. The first-order valence-electron chi connectivity index (χ1n) is 8.03. The molecule has 0 spiro atoms. The van der Waals surface area contributed by atoms with E-state index in [2.05, 4.69) is 37.2 Å². The molecule has 0 aliphatic carbocycles. The Balaban J connectivity index is 1.46. The summed E-state index contributed by atoms with van der Waals surface area (Å²) in [4.78, 5) is 18.3. The maximum Gasteiger partial charge on any atom is 0.129 e. The molecule has 0 bridgehead atoms. The van der Waals surface area contributed by atoms with Gasteiger partial charge in [-0.1, -0.05) is 0 Å². The second-order valence-corrected chi connectivity index (χ2v) is 6.03. The molecule has 7 nitrogen and oxygen atoms in total. The number of likely N-dealkylation sites (N-methyl/N-ethyl adjacent to an activating group) is 1. The predicted octanol–water partition coefficient (Wildman–Crippen LogP) is 1.56. The van der Waals surface area contributed by atoms with Crippen molar-refractivity contribution in [2.24, 2.45) is 0 Å². The Morgan fingerprint density at radius 3 is 3.04 bits per heavy atom. The van der Waals surface area contributed by atoms with Crippen LogP contribution in [-0.4, -0.2) is 58.2 Å². The molecular formula is C16H24N6O. The smallest absolute Gasteiger partial charge is 0.129 e. The molecule has 1 unspecified atom stereocenters. The van der Waals surface area contributed by atoms with Crippen molar-refractivity contribution in [3.63, 3.8) is 0 Å². The summed E-state index contributed by atoms with van der Waals surface area (Å²) in [6, 6.07) is 2.04. The Hall–Kier alpha value is -1.99. The molecule has 1 fully saturated rings. The van der Waals surface area contributed by atoms with Gasteiger partial charge in [-0.3, -0.25) is 4.90 Å². The van der Waals surface area contributed by atoms with E-state index >= 15 is 0 Å². The Labute approximate surface area is 136 Å². The highest BCUT2D eigenvalue weighted by atomic mass is 16.5. The van der Waals surface area contributed by atoms with Crippen molar-refractivity contribution in [1.82, 2.24) is 24.8 Å². The highest BCUT2D eigenvalue weighted by Gasteiger charge is 2.19. The highest BCUT2D eigenvalue weighted by Crippen LogP contribution is 2.24. The molecule has 3 heterocycles. The van der Waals surface area contributed by atoms with Crippen molar-refractivity contribution in [2.75, 3.05) is 38.7 Å². The summed E-state index contributed by atoms with van der Waals surface area (Å²) < 4.78 is 5.43. The lowest BCUT2D eigenvalue weighted by atomic mass is 10.1. The first-order valence-corrected chi connectivity index (χ1v) is 8.03. The zero-order valence-corrected chi connectivity index (χ0v) is 13.7. The summed E-state index contributed by atoms with van der Waals surface area (Å²) in [5.74, 6) is 1.29. The molecule has 1 aliphatic heterocycles. The summed E-state index contributed by atoms with van der Waals surface area (Å²) >= 11 is 0. The van der Waals surface area contributed by atoms with Crippen molar-refractivity contribution in [3.05, 3.63) is 35.8 Å². The van der Waals surface area contributed by atoms with Crippen molar-refractivity contribution in [3.8, 4) is 0 Å². The van der Waals surface area contributed by atoms with Gasteiger partial charge in [-0.15, -0.1) is 0 Å². The normalized spacial score (nSPS) is 17.8. The largest absolute Gasteiger partial charge is 0.381 e. The Morgan fingerprint density at radius 1 is 1.39 bits per heavy atom. The molecule has 0 radical (unpaired) electrons. The van der Waals surface area contributed by atoms with Crippen molar-refractivity contribution >= 4 is 5.82 Å². The summed E-state index contributed by atoms with van der Waals surface area (Å²) in [5, 5.41) is 3.37. The molecule has 2 N–H and O–H groups in total. The number of rotatable bonds is 7. The lowest BCUT2D eigenvalue weighted by Crippen LogP contribution is -2.25. The van der Waals surface area contributed by atoms with E-state index in [0.717, 1.165) is 62.2 Å². The number of aromatic amines is 1. The summed E-state index contributed by atoms with van der Waals surface area (Å²) in [6.07, 6.45) is 4.42. The summed E-state index contributed by atoms with van der Waals surface area (Å²) in [6.45, 7) is 6.22. The molecule has 0 amide bonds. The molecule has 3 rings (SSSR count). The van der Waals surface area contributed by atoms with Gasteiger partial charge in [0, 0.05) is 43.9 Å². The van der Waals surface area contributed by atoms with Crippen LogP contribution in [-0.2, 0) is 11.3 Å². The van der Waals surface area contributed by atoms with Gasteiger partial charge in [0.1, 0.15) is 12.1 Å². The minimum absolute atomic E-state index is 0.406. The first-order chi connectivity index (χ1) is 11.2. The highest BCUT2D eigenvalue weighted by molar-refractivity contribution is 5.36. The van der Waals surface area contributed by atoms with Crippen LogP contribution >= 0.6 is 0 Å². The summed E-state index contributed by atoms with van der Waals surface area (Å²) in [5.41, 5.74) is 3.29. The molecule has 1 saturated heterocycles. The van der Waals surface area contributed by atoms with Gasteiger partial charge in [-0.25, -0.2) is 15.0 Å². The standard InChI is InChI=1S/C16H24N6O/c1-12-15(20-10-18-12)8-22(2)5-4-17-16-7-14(19-11-21-16)13-3-6-23-9-13/h7,10-11,13H,3-6,8-9H2,1-2H3,(H,18,20)(H,17,19,21). The number of hydrogen-bond acceptors (Lipinski definition) is 6. The van der Waals surface area contributed by atoms with E-state index in [4.69, 9.17) is 4.74 Å². The van der Waals surface area contributed by atoms with Crippen LogP contribution < -0.4 is 5.32 Å². The maximum absolute atomic E-state index is 5.43. The van der Waals surface area contributed by atoms with Gasteiger partial charge < -0.3 is 15.0 Å². The number of aromatic nitrogens is 4. The number of hydrogen-bond donors (Lipinski definition) is 2. The third kappa shape index (κ3) is 4.27. The van der Waals surface area contributed by atoms with Crippen molar-refractivity contribution in [1.29, 1.82) is 0 Å². The van der Waals surface area contributed by atoms with Gasteiger partial charge >= 0.3 is 0 Å². The number of nitrogens with one attached hydrogen (secondary N) is 2. The molecular weight excluding hydrogens is 292 g/mol.